The molecule has 5 heteroatoms. The first-order valence-corrected chi connectivity index (χ1v) is 6.62. The summed E-state index contributed by atoms with van der Waals surface area (Å²) in [6, 6.07) is 4.31. The summed E-state index contributed by atoms with van der Waals surface area (Å²) in [5.41, 5.74) is 0.912. The zero-order chi connectivity index (χ0) is 13.3. The molecular weight excluding hydrogens is 247 g/mol. The molecule has 1 aliphatic carbocycles. The lowest BCUT2D eigenvalue weighted by Crippen LogP contribution is -2.45. The maximum absolute atomic E-state index is 13.1. The van der Waals surface area contributed by atoms with E-state index >= 15 is 0 Å². The van der Waals surface area contributed by atoms with Gasteiger partial charge in [0.05, 0.1) is 13.2 Å². The highest BCUT2D eigenvalue weighted by atomic mass is 19.1. The van der Waals surface area contributed by atoms with E-state index in [4.69, 9.17) is 4.42 Å². The van der Waals surface area contributed by atoms with Crippen LogP contribution in [0.4, 0.5) is 4.39 Å². The molecule has 1 aromatic heterocycles. The summed E-state index contributed by atoms with van der Waals surface area (Å²) in [5.74, 6) is 0.200. The number of aromatic nitrogens is 1. The Morgan fingerprint density at radius 1 is 1.37 bits per heavy atom. The van der Waals surface area contributed by atoms with Gasteiger partial charge in [0.2, 0.25) is 5.89 Å². The molecule has 2 aromatic rings. The summed E-state index contributed by atoms with van der Waals surface area (Å²) < 4.78 is 18.6. The van der Waals surface area contributed by atoms with E-state index in [1.807, 2.05) is 0 Å². The van der Waals surface area contributed by atoms with E-state index in [9.17, 15) is 9.50 Å². The Balaban J connectivity index is 1.74. The summed E-state index contributed by atoms with van der Waals surface area (Å²) >= 11 is 0. The van der Waals surface area contributed by atoms with Gasteiger partial charge >= 0.3 is 0 Å². The van der Waals surface area contributed by atoms with Crippen LogP contribution in [0.5, 0.6) is 0 Å². The van der Waals surface area contributed by atoms with E-state index in [2.05, 4.69) is 10.3 Å². The van der Waals surface area contributed by atoms with Crippen LogP contribution in [-0.2, 0) is 6.54 Å². The fourth-order valence-corrected chi connectivity index (χ4v) is 2.73. The van der Waals surface area contributed by atoms with E-state index in [1.54, 1.807) is 6.07 Å². The fraction of sp³-hybridized carbons (Fsp3) is 0.500. The molecule has 0 amide bonds. The number of aliphatic hydroxyl groups excluding tert-OH is 1. The van der Waals surface area contributed by atoms with Gasteiger partial charge in [-0.15, -0.1) is 0 Å². The minimum Gasteiger partial charge on any atom is -0.439 e. The first-order chi connectivity index (χ1) is 9.21. The SMILES string of the molecule is OCC1(NCc2nc3ccc(F)cc3o2)CCCC1. The molecular formula is C14H17FN2O2. The lowest BCUT2D eigenvalue weighted by Gasteiger charge is -2.27. The lowest BCUT2D eigenvalue weighted by atomic mass is 9.99. The van der Waals surface area contributed by atoms with Gasteiger partial charge in [0.15, 0.2) is 5.58 Å². The minimum atomic E-state index is -0.328. The van der Waals surface area contributed by atoms with Crippen molar-refractivity contribution in [3.8, 4) is 0 Å². The van der Waals surface area contributed by atoms with Crippen molar-refractivity contribution in [1.82, 2.24) is 10.3 Å². The highest BCUT2D eigenvalue weighted by Crippen LogP contribution is 2.29. The van der Waals surface area contributed by atoms with E-state index < -0.39 is 0 Å². The van der Waals surface area contributed by atoms with Crippen LogP contribution in [-0.4, -0.2) is 22.2 Å². The van der Waals surface area contributed by atoms with Gasteiger partial charge in [-0.1, -0.05) is 12.8 Å². The van der Waals surface area contributed by atoms with Crippen molar-refractivity contribution in [2.75, 3.05) is 6.61 Å². The Labute approximate surface area is 110 Å². The minimum absolute atomic E-state index is 0.127. The number of oxazole rings is 1. The predicted octanol–water partition coefficient (Wildman–Crippen LogP) is 2.36. The average molecular weight is 264 g/mol. The topological polar surface area (TPSA) is 58.3 Å². The van der Waals surface area contributed by atoms with Crippen LogP contribution in [0.2, 0.25) is 0 Å². The standard InChI is InChI=1S/C14H17FN2O2/c15-10-3-4-11-12(7-10)19-13(17-11)8-16-14(9-18)5-1-2-6-14/h3-4,7,16,18H,1-2,5-6,8-9H2. The van der Waals surface area contributed by atoms with Crippen molar-refractivity contribution in [1.29, 1.82) is 0 Å². The smallest absolute Gasteiger partial charge is 0.209 e. The van der Waals surface area contributed by atoms with Crippen LogP contribution in [0.1, 0.15) is 31.6 Å². The number of halogens is 1. The van der Waals surface area contributed by atoms with Crippen LogP contribution in [0.25, 0.3) is 11.1 Å². The van der Waals surface area contributed by atoms with Crippen LogP contribution in [0.15, 0.2) is 22.6 Å². The van der Waals surface area contributed by atoms with Gasteiger partial charge in [0.25, 0.3) is 0 Å². The van der Waals surface area contributed by atoms with Crippen LogP contribution >= 0.6 is 0 Å². The monoisotopic (exact) mass is 264 g/mol. The molecule has 0 spiro atoms. The maximum Gasteiger partial charge on any atom is 0.209 e. The van der Waals surface area contributed by atoms with Gasteiger partial charge in [-0.3, -0.25) is 0 Å². The van der Waals surface area contributed by atoms with Gasteiger partial charge in [-0.25, -0.2) is 9.37 Å². The lowest BCUT2D eigenvalue weighted by molar-refractivity contribution is 0.160. The Bertz CT molecular complexity index is 576. The van der Waals surface area contributed by atoms with Crippen molar-refractivity contribution in [3.05, 3.63) is 29.9 Å². The van der Waals surface area contributed by atoms with E-state index in [1.165, 1.54) is 12.1 Å². The number of hydrogen-bond donors (Lipinski definition) is 2. The number of aliphatic hydroxyl groups is 1. The van der Waals surface area contributed by atoms with Crippen LogP contribution in [0, 0.1) is 5.82 Å². The molecule has 1 fully saturated rings. The van der Waals surface area contributed by atoms with Crippen LogP contribution < -0.4 is 5.32 Å². The zero-order valence-corrected chi connectivity index (χ0v) is 10.7. The van der Waals surface area contributed by atoms with Gasteiger partial charge < -0.3 is 14.8 Å². The van der Waals surface area contributed by atoms with Crippen molar-refractivity contribution < 1.29 is 13.9 Å². The normalized spacial score (nSPS) is 18.2. The highest BCUT2D eigenvalue weighted by molar-refractivity contribution is 5.72. The fourth-order valence-electron chi connectivity index (χ4n) is 2.73. The molecule has 0 saturated heterocycles. The van der Waals surface area contributed by atoms with Gasteiger partial charge in [0.1, 0.15) is 11.3 Å². The van der Waals surface area contributed by atoms with E-state index in [0.29, 0.717) is 23.5 Å². The molecule has 4 nitrogen and oxygen atoms in total. The van der Waals surface area contributed by atoms with Crippen molar-refractivity contribution in [3.63, 3.8) is 0 Å². The third kappa shape index (κ3) is 2.48. The Hall–Kier alpha value is -1.46. The second kappa shape index (κ2) is 4.90. The highest BCUT2D eigenvalue weighted by Gasteiger charge is 2.32. The number of rotatable bonds is 4. The molecule has 0 aliphatic heterocycles. The Kier molecular flexibility index (Phi) is 3.24. The second-order valence-electron chi connectivity index (χ2n) is 5.22. The second-order valence-corrected chi connectivity index (χ2v) is 5.22. The number of benzene rings is 1. The van der Waals surface area contributed by atoms with Gasteiger partial charge in [-0.2, -0.15) is 0 Å². The van der Waals surface area contributed by atoms with Crippen molar-refractivity contribution in [2.45, 2.75) is 37.8 Å². The summed E-state index contributed by atoms with van der Waals surface area (Å²) in [7, 11) is 0. The zero-order valence-electron chi connectivity index (χ0n) is 10.7. The maximum atomic E-state index is 13.1. The summed E-state index contributed by atoms with van der Waals surface area (Å²) in [5, 5.41) is 12.8. The summed E-state index contributed by atoms with van der Waals surface area (Å²) in [4.78, 5) is 4.30. The molecule has 19 heavy (non-hydrogen) atoms. The molecule has 0 atom stereocenters. The average Bonchev–Trinajstić information content (AvgIpc) is 3.02. The molecule has 0 radical (unpaired) electrons. The van der Waals surface area contributed by atoms with Crippen LogP contribution in [0.3, 0.4) is 0 Å². The number of hydrogen-bond acceptors (Lipinski definition) is 4. The molecule has 1 heterocycles. The number of nitrogens with zero attached hydrogens (tertiary/aromatic N) is 1. The Morgan fingerprint density at radius 3 is 2.89 bits per heavy atom. The van der Waals surface area contributed by atoms with Crippen molar-refractivity contribution in [2.24, 2.45) is 0 Å². The molecule has 3 rings (SSSR count). The molecule has 2 N–H and O–H groups in total. The summed E-state index contributed by atoms with van der Waals surface area (Å²) in [6.07, 6.45) is 4.20. The Morgan fingerprint density at radius 2 is 2.16 bits per heavy atom. The third-order valence-electron chi connectivity index (χ3n) is 3.87. The first-order valence-electron chi connectivity index (χ1n) is 6.62. The molecule has 1 aliphatic rings. The number of fused-ring (bicyclic) bond motifs is 1. The molecule has 0 unspecified atom stereocenters. The number of nitrogens with one attached hydrogen (secondary N) is 1. The molecule has 0 bridgehead atoms. The molecule has 1 saturated carbocycles. The molecule has 102 valence electrons. The van der Waals surface area contributed by atoms with Gasteiger partial charge in [0, 0.05) is 11.6 Å². The molecule has 1 aromatic carbocycles. The summed E-state index contributed by atoms with van der Waals surface area (Å²) in [6.45, 7) is 0.582. The van der Waals surface area contributed by atoms with Gasteiger partial charge in [-0.05, 0) is 25.0 Å². The predicted molar refractivity (Wildman–Crippen MR) is 69.1 cm³/mol. The quantitative estimate of drug-likeness (QED) is 0.890. The third-order valence-corrected chi connectivity index (χ3v) is 3.87. The largest absolute Gasteiger partial charge is 0.439 e. The van der Waals surface area contributed by atoms with E-state index in [-0.39, 0.29) is 18.0 Å². The first kappa shape index (κ1) is 12.6. The van der Waals surface area contributed by atoms with E-state index in [0.717, 1.165) is 25.7 Å². The van der Waals surface area contributed by atoms with Crippen molar-refractivity contribution >= 4 is 11.1 Å².